The lowest BCUT2D eigenvalue weighted by Gasteiger charge is -2.33. The Morgan fingerprint density at radius 1 is 1.43 bits per heavy atom. The van der Waals surface area contributed by atoms with Gasteiger partial charge in [0.2, 0.25) is 5.91 Å². The van der Waals surface area contributed by atoms with Crippen LogP contribution in [0.3, 0.4) is 0 Å². The van der Waals surface area contributed by atoms with Crippen molar-refractivity contribution in [2.45, 2.75) is 32.7 Å². The van der Waals surface area contributed by atoms with Gasteiger partial charge < -0.3 is 14.4 Å². The highest BCUT2D eigenvalue weighted by Crippen LogP contribution is 2.09. The molecule has 0 aromatic carbocycles. The first-order valence-electron chi connectivity index (χ1n) is 4.98. The number of ether oxygens (including phenoxy) is 1. The Morgan fingerprint density at radius 2 is 2.14 bits per heavy atom. The summed E-state index contributed by atoms with van der Waals surface area (Å²) in [5.74, 6) is 0.135. The minimum Gasteiger partial charge on any atom is -0.377 e. The zero-order valence-electron chi connectivity index (χ0n) is 8.78. The summed E-state index contributed by atoms with van der Waals surface area (Å²) < 4.78 is 5.23. The zero-order chi connectivity index (χ0) is 10.6. The fourth-order valence-corrected chi connectivity index (χ4v) is 1.52. The average Bonchev–Trinajstić information content (AvgIpc) is 2.15. The minimum absolute atomic E-state index is 0.0657. The zero-order valence-corrected chi connectivity index (χ0v) is 8.78. The van der Waals surface area contributed by atoms with E-state index in [1.165, 1.54) is 6.92 Å². The number of carbonyl (C=O) groups excluding carboxylic acids is 2. The number of hydrogen-bond donors (Lipinski definition) is 0. The molecule has 4 heteroatoms. The van der Waals surface area contributed by atoms with E-state index < -0.39 is 0 Å². The van der Waals surface area contributed by atoms with Crippen molar-refractivity contribution in [3.05, 3.63) is 0 Å². The molecule has 1 rings (SSSR count). The normalized spacial score (nSPS) is 22.1. The van der Waals surface area contributed by atoms with Crippen LogP contribution in [0, 0.1) is 0 Å². The molecule has 1 amide bonds. The third-order valence-electron chi connectivity index (χ3n) is 2.38. The first kappa shape index (κ1) is 11.2. The molecule has 0 aromatic rings. The van der Waals surface area contributed by atoms with Crippen LogP contribution < -0.4 is 0 Å². The van der Waals surface area contributed by atoms with E-state index in [4.69, 9.17) is 4.74 Å². The summed E-state index contributed by atoms with van der Waals surface area (Å²) in [5, 5.41) is 0. The van der Waals surface area contributed by atoms with Crippen molar-refractivity contribution in [3.63, 3.8) is 0 Å². The van der Waals surface area contributed by atoms with Crippen molar-refractivity contribution in [1.82, 2.24) is 4.90 Å². The first-order valence-corrected chi connectivity index (χ1v) is 4.98. The van der Waals surface area contributed by atoms with E-state index in [1.807, 2.05) is 6.92 Å². The van der Waals surface area contributed by atoms with Gasteiger partial charge in [-0.2, -0.15) is 0 Å². The minimum atomic E-state index is 0.0657. The van der Waals surface area contributed by atoms with Crippen LogP contribution in [0.4, 0.5) is 0 Å². The van der Waals surface area contributed by atoms with Crippen LogP contribution in [0.25, 0.3) is 0 Å². The van der Waals surface area contributed by atoms with Crippen molar-refractivity contribution in [2.24, 2.45) is 0 Å². The fourth-order valence-electron chi connectivity index (χ4n) is 1.52. The summed E-state index contributed by atoms with van der Waals surface area (Å²) in [6.45, 7) is 5.33. The van der Waals surface area contributed by atoms with Gasteiger partial charge in [-0.1, -0.05) is 0 Å². The van der Waals surface area contributed by atoms with Crippen LogP contribution in [0.15, 0.2) is 0 Å². The molecule has 0 aliphatic carbocycles. The quantitative estimate of drug-likeness (QED) is 0.668. The molecular weight excluding hydrogens is 182 g/mol. The molecule has 0 bridgehead atoms. The standard InChI is InChI=1S/C10H17NO3/c1-8-7-14-6-5-11(8)10(13)4-3-9(2)12/h8H,3-7H2,1-2H3/t8-/m1/s1. The van der Waals surface area contributed by atoms with Crippen molar-refractivity contribution in [3.8, 4) is 0 Å². The molecule has 4 nitrogen and oxygen atoms in total. The highest BCUT2D eigenvalue weighted by atomic mass is 16.5. The lowest BCUT2D eigenvalue weighted by molar-refractivity contribution is -0.140. The van der Waals surface area contributed by atoms with E-state index in [2.05, 4.69) is 0 Å². The highest BCUT2D eigenvalue weighted by Gasteiger charge is 2.23. The number of rotatable bonds is 3. The first-order chi connectivity index (χ1) is 6.61. The lowest BCUT2D eigenvalue weighted by Crippen LogP contribution is -2.47. The molecule has 0 N–H and O–H groups in total. The predicted molar refractivity (Wildman–Crippen MR) is 51.9 cm³/mol. The van der Waals surface area contributed by atoms with Crippen molar-refractivity contribution < 1.29 is 14.3 Å². The van der Waals surface area contributed by atoms with E-state index in [9.17, 15) is 9.59 Å². The van der Waals surface area contributed by atoms with Gasteiger partial charge in [0.1, 0.15) is 5.78 Å². The summed E-state index contributed by atoms with van der Waals surface area (Å²) in [6.07, 6.45) is 0.683. The smallest absolute Gasteiger partial charge is 0.223 e. The molecule has 1 saturated heterocycles. The molecule has 0 saturated carbocycles. The fraction of sp³-hybridized carbons (Fsp3) is 0.800. The number of ketones is 1. The molecule has 0 unspecified atom stereocenters. The van der Waals surface area contributed by atoms with Gasteiger partial charge in [-0.05, 0) is 13.8 Å². The molecule has 1 aliphatic heterocycles. The molecule has 1 fully saturated rings. The molecule has 1 aliphatic rings. The van der Waals surface area contributed by atoms with Crippen molar-refractivity contribution in [1.29, 1.82) is 0 Å². The SMILES string of the molecule is CC(=O)CCC(=O)N1CCOC[C@H]1C. The number of morpholine rings is 1. The van der Waals surface area contributed by atoms with Gasteiger partial charge in [0, 0.05) is 19.4 Å². The molecule has 1 atom stereocenters. The van der Waals surface area contributed by atoms with Crippen LogP contribution in [-0.4, -0.2) is 42.4 Å². The summed E-state index contributed by atoms with van der Waals surface area (Å²) in [4.78, 5) is 24.1. The highest BCUT2D eigenvalue weighted by molar-refractivity contribution is 5.83. The Morgan fingerprint density at radius 3 is 2.71 bits per heavy atom. The summed E-state index contributed by atoms with van der Waals surface area (Å²) >= 11 is 0. The number of nitrogens with zero attached hydrogens (tertiary/aromatic N) is 1. The van der Waals surface area contributed by atoms with Crippen LogP contribution in [-0.2, 0) is 14.3 Å². The maximum absolute atomic E-state index is 11.6. The third-order valence-corrected chi connectivity index (χ3v) is 2.38. The molecule has 1 heterocycles. The van der Waals surface area contributed by atoms with E-state index in [0.29, 0.717) is 32.6 Å². The van der Waals surface area contributed by atoms with Gasteiger partial charge in [0.15, 0.2) is 0 Å². The van der Waals surface area contributed by atoms with Gasteiger partial charge in [-0.25, -0.2) is 0 Å². The Kier molecular flexibility index (Phi) is 4.07. The van der Waals surface area contributed by atoms with E-state index >= 15 is 0 Å². The van der Waals surface area contributed by atoms with Gasteiger partial charge in [-0.3, -0.25) is 4.79 Å². The van der Waals surface area contributed by atoms with E-state index in [0.717, 1.165) is 0 Å². The van der Waals surface area contributed by atoms with Crippen molar-refractivity contribution >= 4 is 11.7 Å². The van der Waals surface area contributed by atoms with Crippen LogP contribution in [0.5, 0.6) is 0 Å². The second-order valence-electron chi connectivity index (χ2n) is 3.71. The van der Waals surface area contributed by atoms with E-state index in [1.54, 1.807) is 4.90 Å². The topological polar surface area (TPSA) is 46.6 Å². The van der Waals surface area contributed by atoms with Crippen LogP contribution in [0.1, 0.15) is 26.7 Å². The van der Waals surface area contributed by atoms with E-state index in [-0.39, 0.29) is 17.7 Å². The predicted octanol–water partition coefficient (Wildman–Crippen LogP) is 0.603. The van der Waals surface area contributed by atoms with Crippen molar-refractivity contribution in [2.75, 3.05) is 19.8 Å². The monoisotopic (exact) mass is 199 g/mol. The molecule has 0 spiro atoms. The summed E-state index contributed by atoms with van der Waals surface area (Å²) in [7, 11) is 0. The Bertz CT molecular complexity index is 227. The maximum atomic E-state index is 11.6. The molecule has 0 aromatic heterocycles. The van der Waals surface area contributed by atoms with Crippen LogP contribution in [0.2, 0.25) is 0 Å². The van der Waals surface area contributed by atoms with Gasteiger partial charge >= 0.3 is 0 Å². The second-order valence-corrected chi connectivity index (χ2v) is 3.71. The summed E-state index contributed by atoms with van der Waals surface area (Å²) in [6, 6.07) is 0.142. The average molecular weight is 199 g/mol. The molecule has 0 radical (unpaired) electrons. The summed E-state index contributed by atoms with van der Waals surface area (Å²) in [5.41, 5.74) is 0. The molecule has 14 heavy (non-hydrogen) atoms. The lowest BCUT2D eigenvalue weighted by atomic mass is 10.2. The number of amides is 1. The molecule has 80 valence electrons. The van der Waals surface area contributed by atoms with Gasteiger partial charge in [-0.15, -0.1) is 0 Å². The largest absolute Gasteiger partial charge is 0.377 e. The number of carbonyl (C=O) groups is 2. The van der Waals surface area contributed by atoms with Crippen LogP contribution >= 0.6 is 0 Å². The number of Topliss-reactive ketones (excluding diaryl/α,β-unsaturated/α-hetero) is 1. The maximum Gasteiger partial charge on any atom is 0.223 e. The Labute approximate surface area is 84.2 Å². The Balaban J connectivity index is 2.38. The number of hydrogen-bond acceptors (Lipinski definition) is 3. The second kappa shape index (κ2) is 5.10. The Hall–Kier alpha value is -0.900. The van der Waals surface area contributed by atoms with Gasteiger partial charge in [0.05, 0.1) is 19.3 Å². The third kappa shape index (κ3) is 3.10. The van der Waals surface area contributed by atoms with Gasteiger partial charge in [0.25, 0.3) is 0 Å². The molecular formula is C10H17NO3.